The molecule has 27 heavy (non-hydrogen) atoms. The molecule has 0 fully saturated rings. The van der Waals surface area contributed by atoms with Crippen LogP contribution in [0.2, 0.25) is 0 Å². The molecule has 0 amide bonds. The van der Waals surface area contributed by atoms with Crippen molar-refractivity contribution in [3.63, 3.8) is 0 Å². The first kappa shape index (κ1) is 15.8. The molecule has 0 aromatic heterocycles. The molecule has 0 saturated carbocycles. The zero-order valence-electron chi connectivity index (χ0n) is 15.3. The van der Waals surface area contributed by atoms with Gasteiger partial charge in [0, 0.05) is 0 Å². The lowest BCUT2D eigenvalue weighted by Gasteiger charge is -2.18. The molecule has 0 radical (unpaired) electrons. The van der Waals surface area contributed by atoms with Crippen LogP contribution in [0.1, 0.15) is 5.56 Å². The normalized spacial score (nSPS) is 11.1. The minimum atomic E-state index is 1.26. The summed E-state index contributed by atoms with van der Waals surface area (Å²) in [5.74, 6) is 0. The monoisotopic (exact) mass is 344 g/mol. The molecule has 0 aliphatic heterocycles. The highest BCUT2D eigenvalue weighted by Crippen LogP contribution is 2.44. The van der Waals surface area contributed by atoms with Crippen LogP contribution in [-0.4, -0.2) is 0 Å². The van der Waals surface area contributed by atoms with Crippen molar-refractivity contribution >= 4 is 21.5 Å². The van der Waals surface area contributed by atoms with Gasteiger partial charge in [0.25, 0.3) is 0 Å². The highest BCUT2D eigenvalue weighted by atomic mass is 14.2. The maximum absolute atomic E-state index is 2.32. The molecule has 0 aliphatic carbocycles. The van der Waals surface area contributed by atoms with Crippen LogP contribution in [0.4, 0.5) is 0 Å². The first-order valence-electron chi connectivity index (χ1n) is 9.39. The summed E-state index contributed by atoms with van der Waals surface area (Å²) >= 11 is 0. The molecular formula is C27H20. The van der Waals surface area contributed by atoms with E-state index in [1.165, 1.54) is 49.4 Å². The summed E-state index contributed by atoms with van der Waals surface area (Å²) in [6.45, 7) is 2.17. The fraction of sp³-hybridized carbons (Fsp3) is 0.0370. The quantitative estimate of drug-likeness (QED) is 0.289. The highest BCUT2D eigenvalue weighted by molar-refractivity contribution is 6.21. The summed E-state index contributed by atoms with van der Waals surface area (Å²) < 4.78 is 0. The zero-order chi connectivity index (χ0) is 18.2. The first-order valence-corrected chi connectivity index (χ1v) is 9.39. The van der Waals surface area contributed by atoms with Gasteiger partial charge in [-0.2, -0.15) is 0 Å². The second kappa shape index (κ2) is 6.41. The van der Waals surface area contributed by atoms with Crippen LogP contribution in [-0.2, 0) is 0 Å². The Bertz CT molecular complexity index is 1250. The Morgan fingerprint density at radius 2 is 0.889 bits per heavy atom. The molecule has 0 heteroatoms. The Labute approximate surface area is 159 Å². The number of hydrogen-bond acceptors (Lipinski definition) is 0. The lowest BCUT2D eigenvalue weighted by Crippen LogP contribution is -1.92. The molecule has 0 nitrogen and oxygen atoms in total. The van der Waals surface area contributed by atoms with Gasteiger partial charge in [-0.25, -0.2) is 0 Å². The molecule has 0 spiro atoms. The SMILES string of the molecule is Cc1ccc2c(-c3ccccc3)c(-c3ccccc3)c3ccccc3c2c1. The Hall–Kier alpha value is -3.38. The number of fused-ring (bicyclic) bond motifs is 3. The number of rotatable bonds is 2. The van der Waals surface area contributed by atoms with Crippen LogP contribution in [0, 0.1) is 6.92 Å². The van der Waals surface area contributed by atoms with E-state index in [1.807, 2.05) is 0 Å². The van der Waals surface area contributed by atoms with Crippen molar-refractivity contribution in [1.29, 1.82) is 0 Å². The molecule has 128 valence electrons. The van der Waals surface area contributed by atoms with Crippen LogP contribution >= 0.6 is 0 Å². The molecule has 5 rings (SSSR count). The molecule has 0 atom stereocenters. The van der Waals surface area contributed by atoms with Crippen LogP contribution in [0.5, 0.6) is 0 Å². The smallest absolute Gasteiger partial charge is 0.00203 e. The Morgan fingerprint density at radius 3 is 1.48 bits per heavy atom. The van der Waals surface area contributed by atoms with Crippen molar-refractivity contribution in [2.75, 3.05) is 0 Å². The predicted molar refractivity (Wildman–Crippen MR) is 117 cm³/mol. The van der Waals surface area contributed by atoms with E-state index in [0.29, 0.717) is 0 Å². The van der Waals surface area contributed by atoms with Crippen molar-refractivity contribution in [1.82, 2.24) is 0 Å². The molecule has 0 aliphatic rings. The van der Waals surface area contributed by atoms with Crippen LogP contribution in [0.3, 0.4) is 0 Å². The van der Waals surface area contributed by atoms with Gasteiger partial charge >= 0.3 is 0 Å². The second-order valence-corrected chi connectivity index (χ2v) is 7.08. The maximum Gasteiger partial charge on any atom is -0.00203 e. The van der Waals surface area contributed by atoms with Crippen LogP contribution in [0.15, 0.2) is 103 Å². The number of aryl methyl sites for hydroxylation is 1. The third kappa shape index (κ3) is 2.62. The first-order chi connectivity index (χ1) is 13.3. The molecule has 0 heterocycles. The van der Waals surface area contributed by atoms with Crippen LogP contribution in [0.25, 0.3) is 43.8 Å². The van der Waals surface area contributed by atoms with Gasteiger partial charge in [-0.05, 0) is 50.7 Å². The van der Waals surface area contributed by atoms with Gasteiger partial charge in [0.1, 0.15) is 0 Å². The van der Waals surface area contributed by atoms with Crippen molar-refractivity contribution in [3.8, 4) is 22.3 Å². The summed E-state index contributed by atoms with van der Waals surface area (Å²) in [5, 5.41) is 5.25. The van der Waals surface area contributed by atoms with E-state index in [0.717, 1.165) is 0 Å². The maximum atomic E-state index is 2.32. The summed E-state index contributed by atoms with van der Waals surface area (Å²) in [4.78, 5) is 0. The molecule has 5 aromatic carbocycles. The van der Waals surface area contributed by atoms with Gasteiger partial charge in [0.15, 0.2) is 0 Å². The van der Waals surface area contributed by atoms with Crippen molar-refractivity contribution in [2.45, 2.75) is 6.92 Å². The average Bonchev–Trinajstić information content (AvgIpc) is 2.74. The molecule has 0 saturated heterocycles. The third-order valence-electron chi connectivity index (χ3n) is 5.31. The van der Waals surface area contributed by atoms with Crippen molar-refractivity contribution < 1.29 is 0 Å². The van der Waals surface area contributed by atoms with Crippen LogP contribution < -0.4 is 0 Å². The minimum absolute atomic E-state index is 1.26. The van der Waals surface area contributed by atoms with E-state index < -0.39 is 0 Å². The van der Waals surface area contributed by atoms with Gasteiger partial charge in [0.2, 0.25) is 0 Å². The van der Waals surface area contributed by atoms with E-state index in [9.17, 15) is 0 Å². The molecule has 0 N–H and O–H groups in total. The van der Waals surface area contributed by atoms with Gasteiger partial charge in [-0.15, -0.1) is 0 Å². The lowest BCUT2D eigenvalue weighted by atomic mass is 9.84. The van der Waals surface area contributed by atoms with E-state index in [1.54, 1.807) is 0 Å². The molecule has 0 unspecified atom stereocenters. The summed E-state index contributed by atoms with van der Waals surface area (Å²) in [7, 11) is 0. The molecular weight excluding hydrogens is 324 g/mol. The van der Waals surface area contributed by atoms with Crippen molar-refractivity contribution in [2.24, 2.45) is 0 Å². The van der Waals surface area contributed by atoms with Gasteiger partial charge in [0.05, 0.1) is 0 Å². The fourth-order valence-corrected chi connectivity index (χ4v) is 4.11. The molecule has 5 aromatic rings. The topological polar surface area (TPSA) is 0 Å². The Morgan fingerprint density at radius 1 is 0.407 bits per heavy atom. The highest BCUT2D eigenvalue weighted by Gasteiger charge is 2.17. The minimum Gasteiger partial charge on any atom is -0.0622 e. The van der Waals surface area contributed by atoms with Crippen molar-refractivity contribution in [3.05, 3.63) is 109 Å². The summed E-state index contributed by atoms with van der Waals surface area (Å²) in [5.41, 5.74) is 6.44. The van der Waals surface area contributed by atoms with Gasteiger partial charge < -0.3 is 0 Å². The zero-order valence-corrected chi connectivity index (χ0v) is 15.3. The predicted octanol–water partition coefficient (Wildman–Crippen LogP) is 7.64. The Kier molecular flexibility index (Phi) is 3.76. The summed E-state index contributed by atoms with van der Waals surface area (Å²) in [6, 6.07) is 37.1. The summed E-state index contributed by atoms with van der Waals surface area (Å²) in [6.07, 6.45) is 0. The number of benzene rings is 5. The Balaban J connectivity index is 2.06. The standard InChI is InChI=1S/C27H20/c1-19-16-17-24-25(18-19)22-14-8-9-15-23(22)26(20-10-4-2-5-11-20)27(24)21-12-6-3-7-13-21/h2-18H,1H3. The molecule has 0 bridgehead atoms. The van der Waals surface area contributed by atoms with Gasteiger partial charge in [-0.3, -0.25) is 0 Å². The van der Waals surface area contributed by atoms with E-state index in [-0.39, 0.29) is 0 Å². The van der Waals surface area contributed by atoms with E-state index in [4.69, 9.17) is 0 Å². The average molecular weight is 344 g/mol. The lowest BCUT2D eigenvalue weighted by molar-refractivity contribution is 1.51. The second-order valence-electron chi connectivity index (χ2n) is 7.08. The fourth-order valence-electron chi connectivity index (χ4n) is 4.11. The van der Waals surface area contributed by atoms with Gasteiger partial charge in [-0.1, -0.05) is 109 Å². The number of hydrogen-bond donors (Lipinski definition) is 0. The largest absolute Gasteiger partial charge is 0.0622 e. The van der Waals surface area contributed by atoms with E-state index >= 15 is 0 Å². The third-order valence-corrected chi connectivity index (χ3v) is 5.31. The van der Waals surface area contributed by atoms with E-state index in [2.05, 4.69) is 110 Å².